The lowest BCUT2D eigenvalue weighted by Gasteiger charge is -2.38. The first-order valence-electron chi connectivity index (χ1n) is 4.51. The van der Waals surface area contributed by atoms with Gasteiger partial charge in [-0.3, -0.25) is 4.79 Å². The average molecular weight is 358 g/mol. The van der Waals surface area contributed by atoms with Crippen LogP contribution in [0, 0.1) is 3.57 Å². The quantitative estimate of drug-likeness (QED) is 0.708. The average Bonchev–Trinajstić information content (AvgIpc) is 2.17. The van der Waals surface area contributed by atoms with Gasteiger partial charge in [0.05, 0.1) is 18.1 Å². The van der Waals surface area contributed by atoms with Crippen LogP contribution in [0.25, 0.3) is 0 Å². The van der Waals surface area contributed by atoms with Gasteiger partial charge in [-0.2, -0.15) is 0 Å². The third kappa shape index (κ3) is 2.29. The molecular weight excluding hydrogens is 350 g/mol. The number of benzene rings is 1. The predicted molar refractivity (Wildman–Crippen MR) is 65.0 cm³/mol. The second-order valence-corrected chi connectivity index (χ2v) is 5.22. The number of halogens is 4. The zero-order valence-electron chi connectivity index (χ0n) is 8.01. The molecule has 0 N–H and O–H groups in total. The first-order valence-corrected chi connectivity index (χ1v) is 5.97. The number of likely N-dealkylation sites (tertiary alicyclic amines) is 1. The Hall–Kier alpha value is -0.430. The molecule has 2 nitrogen and oxygen atoms in total. The molecule has 6 heteroatoms. The summed E-state index contributed by atoms with van der Waals surface area (Å²) in [5.74, 6) is -3.10. The van der Waals surface area contributed by atoms with E-state index in [1.807, 2.05) is 22.6 Å². The molecule has 2 rings (SSSR count). The van der Waals surface area contributed by atoms with E-state index >= 15 is 0 Å². The van der Waals surface area contributed by atoms with Gasteiger partial charge < -0.3 is 4.90 Å². The summed E-state index contributed by atoms with van der Waals surface area (Å²) in [6, 6.07) is 4.74. The molecule has 0 aromatic heterocycles. The Labute approximate surface area is 110 Å². The van der Waals surface area contributed by atoms with Crippen molar-refractivity contribution in [1.29, 1.82) is 0 Å². The molecule has 86 valence electrons. The van der Waals surface area contributed by atoms with Crippen molar-refractivity contribution in [2.24, 2.45) is 0 Å². The Bertz CT molecular complexity index is 444. The van der Waals surface area contributed by atoms with Gasteiger partial charge in [-0.1, -0.05) is 11.6 Å². The number of hydrogen-bond acceptors (Lipinski definition) is 1. The summed E-state index contributed by atoms with van der Waals surface area (Å²) in [5.41, 5.74) is 0.393. The zero-order valence-corrected chi connectivity index (χ0v) is 10.9. The van der Waals surface area contributed by atoms with Crippen LogP contribution >= 0.6 is 34.2 Å². The summed E-state index contributed by atoms with van der Waals surface area (Å²) in [7, 11) is 0. The maximum atomic E-state index is 12.6. The van der Waals surface area contributed by atoms with Crippen molar-refractivity contribution in [3.8, 4) is 0 Å². The van der Waals surface area contributed by atoms with E-state index < -0.39 is 19.0 Å². The lowest BCUT2D eigenvalue weighted by Crippen LogP contribution is -2.58. The Morgan fingerprint density at radius 3 is 2.56 bits per heavy atom. The lowest BCUT2D eigenvalue weighted by atomic mass is 10.1. The molecule has 16 heavy (non-hydrogen) atoms. The number of amides is 1. The molecule has 1 aromatic rings. The fourth-order valence-electron chi connectivity index (χ4n) is 1.47. The molecule has 1 amide bonds. The monoisotopic (exact) mass is 357 g/mol. The molecule has 0 bridgehead atoms. The molecular formula is C10H7ClF2INO. The van der Waals surface area contributed by atoms with Crippen LogP contribution in [0.4, 0.5) is 8.78 Å². The van der Waals surface area contributed by atoms with Gasteiger partial charge >= 0.3 is 0 Å². The summed E-state index contributed by atoms with van der Waals surface area (Å²) < 4.78 is 25.9. The van der Waals surface area contributed by atoms with Gasteiger partial charge in [0.25, 0.3) is 11.8 Å². The van der Waals surface area contributed by atoms with Crippen molar-refractivity contribution < 1.29 is 13.6 Å². The van der Waals surface area contributed by atoms with Gasteiger partial charge in [-0.25, -0.2) is 8.78 Å². The molecule has 1 aliphatic rings. The minimum Gasteiger partial charge on any atom is -0.326 e. The van der Waals surface area contributed by atoms with Gasteiger partial charge in [0.1, 0.15) is 0 Å². The number of nitrogens with zero attached hydrogens (tertiary/aromatic N) is 1. The van der Waals surface area contributed by atoms with E-state index in [1.54, 1.807) is 18.2 Å². The van der Waals surface area contributed by atoms with Crippen molar-refractivity contribution in [1.82, 2.24) is 4.90 Å². The first kappa shape index (κ1) is 12.0. The SMILES string of the molecule is O=C(c1ccc(Cl)c(I)c1)N1CC(F)(F)C1. The third-order valence-corrected chi connectivity index (χ3v) is 3.84. The number of carbonyl (C=O) groups excluding carboxylic acids is 1. The van der Waals surface area contributed by atoms with Crippen LogP contribution in [0.15, 0.2) is 18.2 Å². The minimum atomic E-state index is -2.73. The Balaban J connectivity index is 2.13. The van der Waals surface area contributed by atoms with Gasteiger partial charge in [0, 0.05) is 9.13 Å². The number of carbonyl (C=O) groups is 1. The number of alkyl halides is 2. The second kappa shape index (κ2) is 4.10. The molecule has 0 spiro atoms. The molecule has 0 unspecified atom stereocenters. The van der Waals surface area contributed by atoms with Crippen LogP contribution in [0.2, 0.25) is 5.02 Å². The molecule has 0 radical (unpaired) electrons. The highest BCUT2D eigenvalue weighted by molar-refractivity contribution is 14.1. The normalized spacial score (nSPS) is 18.1. The van der Waals surface area contributed by atoms with E-state index in [0.29, 0.717) is 10.6 Å². The van der Waals surface area contributed by atoms with E-state index in [2.05, 4.69) is 0 Å². The topological polar surface area (TPSA) is 20.3 Å². The molecule has 1 aromatic carbocycles. The maximum Gasteiger partial charge on any atom is 0.282 e. The van der Waals surface area contributed by atoms with E-state index in [9.17, 15) is 13.6 Å². The lowest BCUT2D eigenvalue weighted by molar-refractivity contribution is -0.113. The Kier molecular flexibility index (Phi) is 3.09. The van der Waals surface area contributed by atoms with Gasteiger partial charge in [0.2, 0.25) is 0 Å². The molecule has 0 atom stereocenters. The van der Waals surface area contributed by atoms with E-state index in [4.69, 9.17) is 11.6 Å². The Morgan fingerprint density at radius 2 is 2.06 bits per heavy atom. The Morgan fingerprint density at radius 1 is 1.44 bits per heavy atom. The van der Waals surface area contributed by atoms with Crippen molar-refractivity contribution in [3.63, 3.8) is 0 Å². The van der Waals surface area contributed by atoms with Gasteiger partial charge in [0.15, 0.2) is 0 Å². The minimum absolute atomic E-state index is 0.375. The van der Waals surface area contributed by atoms with Crippen molar-refractivity contribution in [3.05, 3.63) is 32.4 Å². The standard InChI is InChI=1S/C10H7ClF2INO/c11-7-2-1-6(3-8(7)14)9(16)15-4-10(12,13)5-15/h1-3H,4-5H2. The molecule has 1 fully saturated rings. The van der Waals surface area contributed by atoms with Crippen molar-refractivity contribution in [2.45, 2.75) is 5.92 Å². The summed E-state index contributed by atoms with van der Waals surface area (Å²) in [6.07, 6.45) is 0. The fraction of sp³-hybridized carbons (Fsp3) is 0.300. The highest BCUT2D eigenvalue weighted by atomic mass is 127. The zero-order chi connectivity index (χ0) is 11.9. The van der Waals surface area contributed by atoms with Crippen LogP contribution in [0.5, 0.6) is 0 Å². The summed E-state index contributed by atoms with van der Waals surface area (Å²) in [6.45, 7) is -0.990. The van der Waals surface area contributed by atoms with Crippen molar-refractivity contribution >= 4 is 40.1 Å². The predicted octanol–water partition coefficient (Wildman–Crippen LogP) is 3.04. The van der Waals surface area contributed by atoms with Crippen LogP contribution in [-0.4, -0.2) is 29.8 Å². The van der Waals surface area contributed by atoms with Gasteiger partial charge in [-0.05, 0) is 40.8 Å². The highest BCUT2D eigenvalue weighted by Gasteiger charge is 2.46. The summed E-state index contributed by atoms with van der Waals surface area (Å²) >= 11 is 7.80. The van der Waals surface area contributed by atoms with E-state index in [0.717, 1.165) is 8.47 Å². The molecule has 1 heterocycles. The number of rotatable bonds is 1. The van der Waals surface area contributed by atoms with E-state index in [-0.39, 0.29) is 5.91 Å². The molecule has 0 aliphatic carbocycles. The van der Waals surface area contributed by atoms with Crippen molar-refractivity contribution in [2.75, 3.05) is 13.1 Å². The van der Waals surface area contributed by atoms with E-state index in [1.165, 1.54) is 0 Å². The second-order valence-electron chi connectivity index (χ2n) is 3.65. The van der Waals surface area contributed by atoms with Crippen LogP contribution in [0.3, 0.4) is 0 Å². The summed E-state index contributed by atoms with van der Waals surface area (Å²) in [4.78, 5) is 12.8. The molecule has 1 aliphatic heterocycles. The largest absolute Gasteiger partial charge is 0.326 e. The van der Waals surface area contributed by atoms with Crippen LogP contribution < -0.4 is 0 Å². The van der Waals surface area contributed by atoms with Crippen LogP contribution in [-0.2, 0) is 0 Å². The summed E-state index contributed by atoms with van der Waals surface area (Å²) in [5, 5.41) is 0.547. The molecule has 1 saturated heterocycles. The maximum absolute atomic E-state index is 12.6. The smallest absolute Gasteiger partial charge is 0.282 e. The van der Waals surface area contributed by atoms with Gasteiger partial charge in [-0.15, -0.1) is 0 Å². The number of hydrogen-bond donors (Lipinski definition) is 0. The molecule has 0 saturated carbocycles. The highest BCUT2D eigenvalue weighted by Crippen LogP contribution is 2.29. The van der Waals surface area contributed by atoms with Crippen LogP contribution in [0.1, 0.15) is 10.4 Å². The first-order chi connectivity index (χ1) is 7.39. The fourth-order valence-corrected chi connectivity index (χ4v) is 2.10. The third-order valence-electron chi connectivity index (χ3n) is 2.30.